The van der Waals surface area contributed by atoms with Crippen LogP contribution in [0.2, 0.25) is 0 Å². The highest BCUT2D eigenvalue weighted by Gasteiger charge is 2.51. The average Bonchev–Trinajstić information content (AvgIpc) is 2.70. The van der Waals surface area contributed by atoms with E-state index >= 15 is 0 Å². The number of nitrogens with zero attached hydrogens (tertiary/aromatic N) is 2. The van der Waals surface area contributed by atoms with Gasteiger partial charge >= 0.3 is 0 Å². The molecule has 0 aromatic heterocycles. The van der Waals surface area contributed by atoms with Crippen molar-refractivity contribution in [2.75, 3.05) is 20.6 Å². The lowest BCUT2D eigenvalue weighted by molar-refractivity contribution is 0.0268. The normalized spacial score (nSPS) is 26.4. The second-order valence-corrected chi connectivity index (χ2v) is 8.94. The van der Waals surface area contributed by atoms with E-state index in [9.17, 15) is 0 Å². The smallest absolute Gasteiger partial charge is 0.0539 e. The summed E-state index contributed by atoms with van der Waals surface area (Å²) in [5.41, 5.74) is 7.76. The zero-order chi connectivity index (χ0) is 20.1. The van der Waals surface area contributed by atoms with Crippen molar-refractivity contribution in [3.63, 3.8) is 0 Å². The van der Waals surface area contributed by atoms with Crippen LogP contribution in [-0.4, -0.2) is 42.5 Å². The molecule has 1 saturated heterocycles. The highest BCUT2D eigenvalue weighted by molar-refractivity contribution is 5.67. The van der Waals surface area contributed by atoms with Gasteiger partial charge in [-0.1, -0.05) is 74.2 Å². The van der Waals surface area contributed by atoms with Crippen molar-refractivity contribution < 1.29 is 0 Å². The van der Waals surface area contributed by atoms with Crippen LogP contribution in [0.1, 0.15) is 42.5 Å². The minimum atomic E-state index is 0.140. The summed E-state index contributed by atoms with van der Waals surface area (Å²) in [5, 5.41) is 0. The molecule has 1 aliphatic carbocycles. The summed E-state index contributed by atoms with van der Waals surface area (Å²) in [7, 11) is 4.52. The predicted octanol–water partition coefficient (Wildman–Crippen LogP) is 5.21. The van der Waals surface area contributed by atoms with Gasteiger partial charge in [0.05, 0.1) is 6.04 Å². The lowest BCUT2D eigenvalue weighted by Gasteiger charge is -2.58. The maximum absolute atomic E-state index is 4.50. The molecule has 2 aromatic rings. The molecule has 2 heteroatoms. The first-order valence-electron chi connectivity index (χ1n) is 10.3. The van der Waals surface area contributed by atoms with Crippen molar-refractivity contribution in [3.05, 3.63) is 83.9 Å². The van der Waals surface area contributed by atoms with Gasteiger partial charge in [-0.3, -0.25) is 0 Å². The summed E-state index contributed by atoms with van der Waals surface area (Å²) < 4.78 is 0. The number of hydrogen-bond donors (Lipinski definition) is 0. The zero-order valence-electron chi connectivity index (χ0n) is 17.7. The molecule has 2 nitrogen and oxygen atoms in total. The van der Waals surface area contributed by atoms with E-state index in [0.717, 1.165) is 24.2 Å². The van der Waals surface area contributed by atoms with Crippen LogP contribution in [0.25, 0.3) is 11.3 Å². The first-order chi connectivity index (χ1) is 13.3. The number of benzene rings is 2. The third-order valence-electron chi connectivity index (χ3n) is 7.18. The van der Waals surface area contributed by atoms with Gasteiger partial charge in [0.25, 0.3) is 0 Å². The van der Waals surface area contributed by atoms with Crippen LogP contribution < -0.4 is 0 Å². The molecule has 1 heterocycles. The molecule has 2 aliphatic rings. The summed E-state index contributed by atoms with van der Waals surface area (Å²) in [6.45, 7) is 14.2. The van der Waals surface area contributed by atoms with Crippen molar-refractivity contribution in [2.24, 2.45) is 0 Å². The second-order valence-electron chi connectivity index (χ2n) is 8.94. The Bertz CT molecular complexity index is 910. The number of rotatable bonds is 4. The molecule has 1 unspecified atom stereocenters. The Morgan fingerprint density at radius 3 is 2.39 bits per heavy atom. The van der Waals surface area contributed by atoms with Gasteiger partial charge in [-0.2, -0.15) is 0 Å². The summed E-state index contributed by atoms with van der Waals surface area (Å²) in [4.78, 5) is 5.00. The first kappa shape index (κ1) is 19.0. The first-order valence-corrected chi connectivity index (χ1v) is 10.3. The number of likely N-dealkylation sites (N-methyl/N-ethyl adjacent to an activating group) is 2. The summed E-state index contributed by atoms with van der Waals surface area (Å²) in [5.74, 6) is 0. The maximum atomic E-state index is 4.50. The number of piperidine rings is 1. The monoisotopic (exact) mass is 372 g/mol. The van der Waals surface area contributed by atoms with Crippen molar-refractivity contribution in [3.8, 4) is 0 Å². The van der Waals surface area contributed by atoms with E-state index in [2.05, 4.69) is 92.5 Å². The van der Waals surface area contributed by atoms with E-state index in [0.29, 0.717) is 12.1 Å². The largest absolute Gasteiger partial charge is 0.369 e. The molecule has 1 fully saturated rings. The van der Waals surface area contributed by atoms with Crippen LogP contribution in [0.3, 0.4) is 0 Å². The molecule has 3 atom stereocenters. The molecule has 28 heavy (non-hydrogen) atoms. The predicted molar refractivity (Wildman–Crippen MR) is 120 cm³/mol. The Morgan fingerprint density at radius 2 is 1.71 bits per heavy atom. The minimum Gasteiger partial charge on any atom is -0.369 e. The number of likely N-dealkylation sites (tertiary alicyclic amines) is 1. The van der Waals surface area contributed by atoms with Gasteiger partial charge in [0.1, 0.15) is 0 Å². The van der Waals surface area contributed by atoms with Gasteiger partial charge in [0, 0.05) is 24.2 Å². The SMILES string of the molecule is C=C(C)c1ccc(C(=C)N(C)[C@H]2C3Cc4ccccc4[C@@]2(C)CCN3C)cc1. The fourth-order valence-electron chi connectivity index (χ4n) is 5.43. The Morgan fingerprint density at radius 1 is 1.07 bits per heavy atom. The van der Waals surface area contributed by atoms with E-state index in [1.54, 1.807) is 0 Å². The van der Waals surface area contributed by atoms with Crippen molar-refractivity contribution in [1.29, 1.82) is 0 Å². The molecule has 0 amide bonds. The molecule has 0 N–H and O–H groups in total. The molecule has 4 rings (SSSR count). The van der Waals surface area contributed by atoms with Crippen molar-refractivity contribution in [2.45, 2.75) is 44.2 Å². The summed E-state index contributed by atoms with van der Waals surface area (Å²) >= 11 is 0. The molecule has 2 aromatic carbocycles. The Labute approximate surface area is 170 Å². The summed E-state index contributed by atoms with van der Waals surface area (Å²) in [6, 6.07) is 18.6. The topological polar surface area (TPSA) is 6.48 Å². The van der Waals surface area contributed by atoms with Crippen molar-refractivity contribution >= 4 is 11.3 Å². The van der Waals surface area contributed by atoms with Gasteiger partial charge in [0.2, 0.25) is 0 Å². The highest BCUT2D eigenvalue weighted by Crippen LogP contribution is 2.47. The van der Waals surface area contributed by atoms with E-state index in [-0.39, 0.29) is 5.41 Å². The summed E-state index contributed by atoms with van der Waals surface area (Å²) in [6.07, 6.45) is 2.28. The second kappa shape index (κ2) is 6.93. The van der Waals surface area contributed by atoms with Gasteiger partial charge in [0.15, 0.2) is 0 Å². The average molecular weight is 373 g/mol. The highest BCUT2D eigenvalue weighted by atomic mass is 15.3. The van der Waals surface area contributed by atoms with Gasteiger partial charge in [-0.05, 0) is 55.6 Å². The van der Waals surface area contributed by atoms with Crippen LogP contribution in [0.5, 0.6) is 0 Å². The molecule has 2 bridgehead atoms. The van der Waals surface area contributed by atoms with Crippen molar-refractivity contribution in [1.82, 2.24) is 9.80 Å². The van der Waals surface area contributed by atoms with Crippen LogP contribution >= 0.6 is 0 Å². The minimum absolute atomic E-state index is 0.140. The van der Waals surface area contributed by atoms with Gasteiger partial charge < -0.3 is 9.80 Å². The van der Waals surface area contributed by atoms with Gasteiger partial charge in [-0.15, -0.1) is 0 Å². The van der Waals surface area contributed by atoms with Crippen LogP contribution in [-0.2, 0) is 11.8 Å². The zero-order valence-corrected chi connectivity index (χ0v) is 17.7. The van der Waals surface area contributed by atoms with Crippen LogP contribution in [0, 0.1) is 0 Å². The maximum Gasteiger partial charge on any atom is 0.0539 e. The third kappa shape index (κ3) is 2.91. The van der Waals surface area contributed by atoms with Crippen LogP contribution in [0.15, 0.2) is 61.7 Å². The Hall–Kier alpha value is -2.32. The molecule has 0 saturated carbocycles. The number of allylic oxidation sites excluding steroid dienone is 1. The molecule has 0 radical (unpaired) electrons. The van der Waals surface area contributed by atoms with Crippen LogP contribution in [0.4, 0.5) is 0 Å². The Kier molecular flexibility index (Phi) is 4.71. The van der Waals surface area contributed by atoms with E-state index < -0.39 is 0 Å². The molecule has 0 spiro atoms. The molecule has 1 aliphatic heterocycles. The van der Waals surface area contributed by atoms with E-state index in [1.807, 2.05) is 6.92 Å². The molecule has 146 valence electrons. The lowest BCUT2D eigenvalue weighted by Crippen LogP contribution is -2.65. The van der Waals surface area contributed by atoms with Gasteiger partial charge in [-0.25, -0.2) is 0 Å². The quantitative estimate of drug-likeness (QED) is 0.727. The lowest BCUT2D eigenvalue weighted by atomic mass is 9.61. The third-order valence-corrected chi connectivity index (χ3v) is 7.18. The molecular formula is C26H32N2. The van der Waals surface area contributed by atoms with E-state index in [4.69, 9.17) is 0 Å². The van der Waals surface area contributed by atoms with E-state index in [1.165, 1.54) is 28.7 Å². The fourth-order valence-corrected chi connectivity index (χ4v) is 5.43. The standard InChI is InChI=1S/C26H32N2/c1-18(2)20-11-13-21(14-12-20)19(3)28(6)25-24-17-22-9-7-8-10-23(22)26(25,4)15-16-27(24)5/h7-14,24-25H,1,3,15-17H2,2,4-6H3/t24?,25-,26+/m0/s1. The fraction of sp³-hybridized carbons (Fsp3) is 0.385. The molecular weight excluding hydrogens is 340 g/mol. The number of hydrogen-bond acceptors (Lipinski definition) is 2. The Balaban J connectivity index is 1.70. The number of fused-ring (bicyclic) bond motifs is 4.